The highest BCUT2D eigenvalue weighted by molar-refractivity contribution is 9.12. The highest BCUT2D eigenvalue weighted by Crippen LogP contribution is 2.39. The van der Waals surface area contributed by atoms with Crippen molar-refractivity contribution < 1.29 is 9.47 Å². The van der Waals surface area contributed by atoms with E-state index in [0.29, 0.717) is 12.5 Å². The fraction of sp³-hybridized carbons (Fsp3) is 0.368. The maximum absolute atomic E-state index is 5.43. The number of aromatic amines is 1. The number of rotatable bonds is 8. The van der Waals surface area contributed by atoms with E-state index in [-0.39, 0.29) is 6.29 Å². The number of anilines is 1. The molecule has 0 saturated heterocycles. The van der Waals surface area contributed by atoms with Crippen LogP contribution in [0.5, 0.6) is 11.5 Å². The summed E-state index contributed by atoms with van der Waals surface area (Å²) in [6, 6.07) is 7.78. The van der Waals surface area contributed by atoms with Crippen molar-refractivity contribution in [3.8, 4) is 11.5 Å². The normalized spacial score (nSPS) is 18.8. The van der Waals surface area contributed by atoms with Crippen molar-refractivity contribution in [1.82, 2.24) is 20.8 Å². The van der Waals surface area contributed by atoms with Crippen molar-refractivity contribution in [2.24, 2.45) is 4.99 Å². The summed E-state index contributed by atoms with van der Waals surface area (Å²) in [5.74, 6) is 3.80. The summed E-state index contributed by atoms with van der Waals surface area (Å²) in [5.41, 5.74) is 2.17. The lowest BCUT2D eigenvalue weighted by Gasteiger charge is -2.24. The average molecular weight is 447 g/mol. The minimum absolute atomic E-state index is 0.290. The molecule has 8 nitrogen and oxygen atoms in total. The summed E-state index contributed by atoms with van der Waals surface area (Å²) >= 11 is 3.53. The molecule has 1 aromatic carbocycles. The summed E-state index contributed by atoms with van der Waals surface area (Å²) in [7, 11) is 3.31. The van der Waals surface area contributed by atoms with Crippen LogP contribution in [0, 0.1) is 0 Å². The first-order valence-corrected chi connectivity index (χ1v) is 9.91. The quantitative estimate of drug-likeness (QED) is 0.497. The molecule has 2 heterocycles. The first kappa shape index (κ1) is 18.8. The van der Waals surface area contributed by atoms with Gasteiger partial charge in [0.05, 0.1) is 18.7 Å². The third-order valence-electron chi connectivity index (χ3n) is 4.70. The van der Waals surface area contributed by atoms with Gasteiger partial charge in [-0.1, -0.05) is 0 Å². The van der Waals surface area contributed by atoms with Gasteiger partial charge in [0.1, 0.15) is 17.3 Å². The minimum Gasteiger partial charge on any atom is -0.497 e. The number of nitrogens with zero attached hydrogens (tertiary/aromatic N) is 2. The van der Waals surface area contributed by atoms with E-state index in [1.54, 1.807) is 20.4 Å². The predicted molar refractivity (Wildman–Crippen MR) is 112 cm³/mol. The van der Waals surface area contributed by atoms with Crippen molar-refractivity contribution >= 4 is 28.0 Å². The molecule has 1 aromatic heterocycles. The van der Waals surface area contributed by atoms with E-state index in [9.17, 15) is 0 Å². The number of aromatic nitrogens is 2. The van der Waals surface area contributed by atoms with Crippen LogP contribution >= 0.6 is 15.9 Å². The predicted octanol–water partition coefficient (Wildman–Crippen LogP) is 3.03. The van der Waals surface area contributed by atoms with Gasteiger partial charge in [-0.15, -0.1) is 0 Å². The Hall–Kier alpha value is -2.52. The van der Waals surface area contributed by atoms with Gasteiger partial charge >= 0.3 is 0 Å². The molecule has 1 atom stereocenters. The lowest BCUT2D eigenvalue weighted by atomic mass is 10.2. The largest absolute Gasteiger partial charge is 0.497 e. The molecular weight excluding hydrogens is 424 g/mol. The van der Waals surface area contributed by atoms with Crippen molar-refractivity contribution in [2.75, 3.05) is 19.5 Å². The fourth-order valence-corrected chi connectivity index (χ4v) is 3.34. The molecule has 1 unspecified atom stereocenters. The molecule has 2 aliphatic rings. The maximum atomic E-state index is 5.43. The van der Waals surface area contributed by atoms with Gasteiger partial charge in [-0.2, -0.15) is 5.10 Å². The van der Waals surface area contributed by atoms with E-state index in [0.717, 1.165) is 33.2 Å². The Bertz CT molecular complexity index is 906. The number of hydrogen-bond donors (Lipinski definition) is 4. The molecule has 1 aliphatic heterocycles. The van der Waals surface area contributed by atoms with E-state index in [4.69, 9.17) is 9.47 Å². The van der Waals surface area contributed by atoms with E-state index >= 15 is 0 Å². The zero-order chi connectivity index (χ0) is 19.5. The van der Waals surface area contributed by atoms with Crippen LogP contribution in [0.1, 0.15) is 30.0 Å². The van der Waals surface area contributed by atoms with E-state index in [1.165, 1.54) is 18.5 Å². The van der Waals surface area contributed by atoms with E-state index in [2.05, 4.69) is 53.1 Å². The highest BCUT2D eigenvalue weighted by atomic mass is 79.9. The molecule has 1 fully saturated rings. The number of H-pyrrole nitrogens is 1. The molecule has 148 valence electrons. The number of methoxy groups -OCH3 is 2. The standard InChI is InChI=1S/C19H23BrN6O2/c1-27-13-5-6-16(28-2)12(7-13)9-21-19-22-10-14(20)18(24-19)23-17-8-15(25-26-17)11-3-4-11/h5-8,10-11,19,21,24H,3-4,9H2,1-2H3,(H2,23,25,26). The third kappa shape index (κ3) is 4.31. The summed E-state index contributed by atoms with van der Waals surface area (Å²) in [6.45, 7) is 0.564. The average Bonchev–Trinajstić information content (AvgIpc) is 3.47. The van der Waals surface area contributed by atoms with Crippen molar-refractivity contribution in [3.63, 3.8) is 0 Å². The molecule has 0 bridgehead atoms. The van der Waals surface area contributed by atoms with Crippen LogP contribution in [0.15, 0.2) is 39.6 Å². The van der Waals surface area contributed by atoms with Crippen LogP contribution in [-0.4, -0.2) is 36.9 Å². The molecule has 1 saturated carbocycles. The molecular formula is C19H23BrN6O2. The monoisotopic (exact) mass is 446 g/mol. The Balaban J connectivity index is 1.38. The molecule has 1 aliphatic carbocycles. The first-order valence-electron chi connectivity index (χ1n) is 9.12. The number of benzene rings is 1. The van der Waals surface area contributed by atoms with Crippen LogP contribution in [0.25, 0.3) is 0 Å². The van der Waals surface area contributed by atoms with Gasteiger partial charge in [-0.05, 0) is 47.0 Å². The Morgan fingerprint density at radius 3 is 2.82 bits per heavy atom. The highest BCUT2D eigenvalue weighted by Gasteiger charge is 2.26. The number of halogens is 1. The van der Waals surface area contributed by atoms with E-state index < -0.39 is 0 Å². The molecule has 9 heteroatoms. The van der Waals surface area contributed by atoms with Crippen LogP contribution in [-0.2, 0) is 6.54 Å². The van der Waals surface area contributed by atoms with Gasteiger partial charge in [0.2, 0.25) is 0 Å². The Morgan fingerprint density at radius 1 is 1.21 bits per heavy atom. The Labute approximate surface area is 171 Å². The second-order valence-electron chi connectivity index (χ2n) is 6.71. The Morgan fingerprint density at radius 2 is 2.07 bits per heavy atom. The number of nitrogens with one attached hydrogen (secondary N) is 4. The molecule has 28 heavy (non-hydrogen) atoms. The van der Waals surface area contributed by atoms with Crippen molar-refractivity contribution in [1.29, 1.82) is 0 Å². The zero-order valence-corrected chi connectivity index (χ0v) is 17.3. The van der Waals surface area contributed by atoms with Crippen LogP contribution in [0.2, 0.25) is 0 Å². The number of hydrogen-bond acceptors (Lipinski definition) is 7. The molecule has 0 amide bonds. The molecule has 0 spiro atoms. The number of ether oxygens (including phenoxy) is 2. The van der Waals surface area contributed by atoms with Gasteiger partial charge in [0.15, 0.2) is 12.1 Å². The van der Waals surface area contributed by atoms with Crippen LogP contribution in [0.4, 0.5) is 5.82 Å². The summed E-state index contributed by atoms with van der Waals surface area (Å²) in [6.07, 6.45) is 3.95. The number of aliphatic imine (C=N–C) groups is 1. The van der Waals surface area contributed by atoms with Gasteiger partial charge in [-0.3, -0.25) is 15.4 Å². The minimum atomic E-state index is -0.290. The first-order chi connectivity index (χ1) is 13.7. The second kappa shape index (κ2) is 8.24. The van der Waals surface area contributed by atoms with Gasteiger partial charge in [0.25, 0.3) is 0 Å². The third-order valence-corrected chi connectivity index (χ3v) is 5.30. The maximum Gasteiger partial charge on any atom is 0.175 e. The molecule has 0 radical (unpaired) electrons. The summed E-state index contributed by atoms with van der Waals surface area (Å²) in [4.78, 5) is 4.47. The molecule has 4 rings (SSSR count). The van der Waals surface area contributed by atoms with Crippen molar-refractivity contribution in [2.45, 2.75) is 31.6 Å². The summed E-state index contributed by atoms with van der Waals surface area (Å²) < 4.78 is 11.6. The zero-order valence-electron chi connectivity index (χ0n) is 15.8. The summed E-state index contributed by atoms with van der Waals surface area (Å²) in [5, 5.41) is 17.4. The van der Waals surface area contributed by atoms with Gasteiger partial charge in [0, 0.05) is 36.0 Å². The van der Waals surface area contributed by atoms with Crippen LogP contribution < -0.4 is 25.4 Å². The smallest absolute Gasteiger partial charge is 0.175 e. The fourth-order valence-electron chi connectivity index (χ4n) is 3.01. The number of allylic oxidation sites excluding steroid dienone is 1. The molecule has 2 aromatic rings. The second-order valence-corrected chi connectivity index (χ2v) is 7.57. The van der Waals surface area contributed by atoms with Gasteiger partial charge < -0.3 is 20.1 Å². The SMILES string of the molecule is COc1ccc(OC)c(CNC2N=CC(Br)=C(Nc3cc(C4CC4)[nH]n3)N2)c1. The molecule has 4 N–H and O–H groups in total. The van der Waals surface area contributed by atoms with Crippen molar-refractivity contribution in [3.05, 3.63) is 45.8 Å². The van der Waals surface area contributed by atoms with E-state index in [1.807, 2.05) is 18.2 Å². The lowest BCUT2D eigenvalue weighted by Crippen LogP contribution is -2.43. The Kier molecular flexibility index (Phi) is 5.54. The van der Waals surface area contributed by atoms with Crippen LogP contribution in [0.3, 0.4) is 0 Å². The lowest BCUT2D eigenvalue weighted by molar-refractivity contribution is 0.392. The topological polar surface area (TPSA) is 95.6 Å². The van der Waals surface area contributed by atoms with Gasteiger partial charge in [-0.25, -0.2) is 0 Å².